The van der Waals surface area contributed by atoms with Crippen LogP contribution in [-0.2, 0) is 16.9 Å². The molecule has 0 radical (unpaired) electrons. The van der Waals surface area contributed by atoms with Gasteiger partial charge in [-0.2, -0.15) is 0 Å². The predicted octanol–water partition coefficient (Wildman–Crippen LogP) is 3.79. The molecule has 0 aliphatic carbocycles. The van der Waals surface area contributed by atoms with Gasteiger partial charge in [0, 0.05) is 47.5 Å². The van der Waals surface area contributed by atoms with E-state index in [0.717, 1.165) is 41.9 Å². The number of rotatable bonds is 2. The summed E-state index contributed by atoms with van der Waals surface area (Å²) >= 11 is 13.5. The van der Waals surface area contributed by atoms with Crippen LogP contribution in [0.3, 0.4) is 0 Å². The van der Waals surface area contributed by atoms with Gasteiger partial charge in [-0.05, 0) is 37.4 Å². The number of thiophene rings is 1. The average Bonchev–Trinajstić information content (AvgIpc) is 2.99. The molecule has 4 heterocycles. The van der Waals surface area contributed by atoms with Gasteiger partial charge in [0.05, 0.1) is 10.9 Å². The zero-order valence-electron chi connectivity index (χ0n) is 13.8. The van der Waals surface area contributed by atoms with Crippen LogP contribution in [0.2, 0.25) is 9.62 Å². The number of aliphatic hydroxyl groups excluding tert-OH is 1. The summed E-state index contributed by atoms with van der Waals surface area (Å²) in [5.41, 5.74) is 1.65. The minimum Gasteiger partial charge on any atom is -0.386 e. The number of hydrogen-bond donors (Lipinski definition) is 1. The van der Waals surface area contributed by atoms with Crippen molar-refractivity contribution in [3.8, 4) is 0 Å². The Labute approximate surface area is 160 Å². The molecule has 3 unspecified atom stereocenters. The van der Waals surface area contributed by atoms with Gasteiger partial charge >= 0.3 is 0 Å². The Morgan fingerprint density at radius 2 is 2.16 bits per heavy atom. The summed E-state index contributed by atoms with van der Waals surface area (Å²) in [6.07, 6.45) is 4.72. The molecule has 2 aromatic rings. The van der Waals surface area contributed by atoms with E-state index in [-0.39, 0.29) is 10.9 Å². The maximum absolute atomic E-state index is 10.2. The van der Waals surface area contributed by atoms with Crippen LogP contribution in [0.5, 0.6) is 0 Å². The first kappa shape index (κ1) is 17.6. The first-order valence-corrected chi connectivity index (χ1v) is 9.86. The average molecular weight is 400 g/mol. The Morgan fingerprint density at radius 3 is 2.88 bits per heavy atom. The van der Waals surface area contributed by atoms with Crippen LogP contribution in [0, 0.1) is 0 Å². The number of fused-ring (bicyclic) bond motifs is 2. The number of piperidine rings is 1. The third-order valence-corrected chi connectivity index (χ3v) is 6.79. The van der Waals surface area contributed by atoms with Gasteiger partial charge in [0.1, 0.15) is 11.7 Å². The van der Waals surface area contributed by atoms with Crippen LogP contribution < -0.4 is 0 Å². The van der Waals surface area contributed by atoms with Crippen LogP contribution in [-0.4, -0.2) is 39.2 Å². The van der Waals surface area contributed by atoms with Gasteiger partial charge in [0.15, 0.2) is 0 Å². The molecule has 2 aliphatic heterocycles. The van der Waals surface area contributed by atoms with Crippen molar-refractivity contribution < 1.29 is 9.84 Å². The highest BCUT2D eigenvalue weighted by Gasteiger charge is 2.46. The molecule has 3 atom stereocenters. The van der Waals surface area contributed by atoms with Crippen LogP contribution in [0.25, 0.3) is 0 Å². The second-order valence-electron chi connectivity index (χ2n) is 6.79. The molecule has 2 aromatic heterocycles. The molecule has 4 rings (SSSR count). The summed E-state index contributed by atoms with van der Waals surface area (Å²) in [5.74, 6) is 0. The fraction of sp³-hybridized carbons (Fsp3) is 0.529. The van der Waals surface area contributed by atoms with E-state index in [1.54, 1.807) is 12.4 Å². The van der Waals surface area contributed by atoms with Crippen molar-refractivity contribution in [3.63, 3.8) is 0 Å². The zero-order valence-corrected chi connectivity index (χ0v) is 16.1. The lowest BCUT2D eigenvalue weighted by atomic mass is 9.81. The molecular formula is C17H19Cl2N3O2S. The standard InChI is InChI=1S/C17H19Cl2N3O2S/c1-10-5-17(15-12(4-14(18)25-15)13(23)9-24-17)2-3-22(10)8-11-6-20-16(19)21-7-11/h4,6-7,10,13,23H,2-3,5,8-9H2,1H3. The van der Waals surface area contributed by atoms with Crippen molar-refractivity contribution in [1.82, 2.24) is 14.9 Å². The molecule has 1 N–H and O–H groups in total. The summed E-state index contributed by atoms with van der Waals surface area (Å²) in [7, 11) is 0. The largest absolute Gasteiger partial charge is 0.386 e. The predicted molar refractivity (Wildman–Crippen MR) is 98.1 cm³/mol. The first-order chi connectivity index (χ1) is 12.0. The maximum Gasteiger partial charge on any atom is 0.222 e. The Hall–Kier alpha value is -0.760. The fourth-order valence-electron chi connectivity index (χ4n) is 3.85. The molecule has 1 saturated heterocycles. The quantitative estimate of drug-likeness (QED) is 0.778. The summed E-state index contributed by atoms with van der Waals surface area (Å²) in [6.45, 7) is 4.22. The number of likely N-dealkylation sites (tertiary alicyclic amines) is 1. The van der Waals surface area contributed by atoms with Gasteiger partial charge in [-0.15, -0.1) is 11.3 Å². The molecule has 5 nitrogen and oxygen atoms in total. The van der Waals surface area contributed by atoms with E-state index < -0.39 is 6.10 Å². The van der Waals surface area contributed by atoms with E-state index in [1.165, 1.54) is 11.3 Å². The van der Waals surface area contributed by atoms with Gasteiger partial charge < -0.3 is 9.84 Å². The number of nitrogens with zero attached hydrogens (tertiary/aromatic N) is 3. The summed E-state index contributed by atoms with van der Waals surface area (Å²) < 4.78 is 6.89. The number of aromatic nitrogens is 2. The number of ether oxygens (including phenoxy) is 1. The summed E-state index contributed by atoms with van der Waals surface area (Å²) in [6, 6.07) is 2.21. The topological polar surface area (TPSA) is 58.5 Å². The smallest absolute Gasteiger partial charge is 0.222 e. The third-order valence-electron chi connectivity index (χ3n) is 5.13. The monoisotopic (exact) mass is 399 g/mol. The summed E-state index contributed by atoms with van der Waals surface area (Å²) in [5, 5.41) is 10.5. The van der Waals surface area contributed by atoms with Crippen molar-refractivity contribution in [2.24, 2.45) is 0 Å². The molecule has 0 saturated carbocycles. The molecule has 2 aliphatic rings. The van der Waals surface area contributed by atoms with E-state index >= 15 is 0 Å². The van der Waals surface area contributed by atoms with E-state index in [1.807, 2.05) is 6.07 Å². The number of aliphatic hydroxyl groups is 1. The normalized spacial score (nSPS) is 29.8. The second kappa shape index (κ2) is 6.76. The SMILES string of the molecule is CC1CC2(CCN1Cc1cnc(Cl)nc1)OCC(O)c1cc(Cl)sc12. The minimum atomic E-state index is -0.580. The summed E-state index contributed by atoms with van der Waals surface area (Å²) in [4.78, 5) is 11.6. The van der Waals surface area contributed by atoms with E-state index in [9.17, 15) is 5.11 Å². The molecule has 1 spiro atoms. The van der Waals surface area contributed by atoms with Gasteiger partial charge in [-0.25, -0.2) is 9.97 Å². The van der Waals surface area contributed by atoms with Crippen molar-refractivity contribution in [3.05, 3.63) is 44.1 Å². The van der Waals surface area contributed by atoms with E-state index in [2.05, 4.69) is 21.8 Å². The Bertz CT molecular complexity index is 770. The highest BCUT2D eigenvalue weighted by atomic mass is 35.5. The molecule has 0 aromatic carbocycles. The number of halogens is 2. The Kier molecular flexibility index (Phi) is 4.77. The third kappa shape index (κ3) is 3.31. The van der Waals surface area contributed by atoms with Gasteiger partial charge in [-0.1, -0.05) is 11.6 Å². The van der Waals surface area contributed by atoms with Crippen molar-refractivity contribution in [1.29, 1.82) is 0 Å². The molecule has 8 heteroatoms. The first-order valence-electron chi connectivity index (χ1n) is 8.29. The van der Waals surface area contributed by atoms with E-state index in [4.69, 9.17) is 27.9 Å². The van der Waals surface area contributed by atoms with Crippen LogP contribution in [0.1, 0.15) is 41.9 Å². The lowest BCUT2D eigenvalue weighted by Gasteiger charge is -2.47. The molecule has 0 bridgehead atoms. The van der Waals surface area contributed by atoms with E-state index in [0.29, 0.717) is 17.0 Å². The Balaban J connectivity index is 1.53. The van der Waals surface area contributed by atoms with Gasteiger partial charge in [0.2, 0.25) is 5.28 Å². The number of hydrogen-bond acceptors (Lipinski definition) is 6. The molecule has 134 valence electrons. The van der Waals surface area contributed by atoms with Crippen LogP contribution in [0.15, 0.2) is 18.5 Å². The second-order valence-corrected chi connectivity index (χ2v) is 8.81. The highest BCUT2D eigenvalue weighted by Crippen LogP contribution is 2.50. The van der Waals surface area contributed by atoms with Crippen LogP contribution in [0.4, 0.5) is 0 Å². The molecule has 0 amide bonds. The Morgan fingerprint density at radius 1 is 1.40 bits per heavy atom. The molecular weight excluding hydrogens is 381 g/mol. The highest BCUT2D eigenvalue weighted by molar-refractivity contribution is 7.16. The molecule has 1 fully saturated rings. The van der Waals surface area contributed by atoms with Crippen molar-refractivity contribution >= 4 is 34.5 Å². The van der Waals surface area contributed by atoms with Crippen molar-refractivity contribution in [2.45, 2.75) is 44.1 Å². The maximum atomic E-state index is 10.2. The minimum absolute atomic E-state index is 0.269. The van der Waals surface area contributed by atoms with Crippen molar-refractivity contribution in [2.75, 3.05) is 13.2 Å². The van der Waals surface area contributed by atoms with Gasteiger partial charge in [-0.3, -0.25) is 4.90 Å². The fourth-order valence-corrected chi connectivity index (χ4v) is 5.42. The lowest BCUT2D eigenvalue weighted by molar-refractivity contribution is -0.139. The lowest BCUT2D eigenvalue weighted by Crippen LogP contribution is -2.50. The molecule has 25 heavy (non-hydrogen) atoms. The van der Waals surface area contributed by atoms with Gasteiger partial charge in [0.25, 0.3) is 0 Å². The zero-order chi connectivity index (χ0) is 17.6. The van der Waals surface area contributed by atoms with Crippen LogP contribution >= 0.6 is 34.5 Å².